The molecule has 0 bridgehead atoms. The van der Waals surface area contributed by atoms with Crippen molar-refractivity contribution in [1.82, 2.24) is 4.90 Å². The van der Waals surface area contributed by atoms with Gasteiger partial charge in [0.1, 0.15) is 0 Å². The van der Waals surface area contributed by atoms with Crippen LogP contribution < -0.4 is 0 Å². The van der Waals surface area contributed by atoms with Crippen molar-refractivity contribution in [2.75, 3.05) is 13.1 Å². The van der Waals surface area contributed by atoms with Gasteiger partial charge in [0, 0.05) is 40.9 Å². The number of hydrogen-bond acceptors (Lipinski definition) is 3. The van der Waals surface area contributed by atoms with Crippen LogP contribution in [0.15, 0.2) is 47.1 Å². The van der Waals surface area contributed by atoms with E-state index in [1.54, 1.807) is 42.2 Å². The smallest absolute Gasteiger partial charge is 0.249 e. The molecule has 0 saturated carbocycles. The van der Waals surface area contributed by atoms with E-state index in [9.17, 15) is 14.4 Å². The molecule has 0 saturated heterocycles. The van der Waals surface area contributed by atoms with Crippen LogP contribution in [0, 0.1) is 0 Å². The van der Waals surface area contributed by atoms with E-state index in [2.05, 4.69) is 0 Å². The van der Waals surface area contributed by atoms with Crippen LogP contribution in [-0.2, 0) is 4.79 Å². The highest BCUT2D eigenvalue weighted by atomic mass is 16.2. The van der Waals surface area contributed by atoms with Gasteiger partial charge in [0.25, 0.3) is 0 Å². The first-order valence-electron chi connectivity index (χ1n) is 8.85. The maximum atomic E-state index is 12.9. The molecule has 4 heteroatoms. The average molecular weight is 339 g/mol. The lowest BCUT2D eigenvalue weighted by atomic mass is 9.83. The third-order valence-corrected chi connectivity index (χ3v) is 4.57. The predicted octanol–water partition coefficient (Wildman–Crippen LogP) is 3.98. The number of benzene rings is 1. The van der Waals surface area contributed by atoms with Crippen LogP contribution in [0.5, 0.6) is 0 Å². The molecule has 0 aromatic heterocycles. The zero-order chi connectivity index (χ0) is 18.6. The lowest BCUT2D eigenvalue weighted by Crippen LogP contribution is -2.32. The lowest BCUT2D eigenvalue weighted by molar-refractivity contribution is -0.126. The first-order valence-corrected chi connectivity index (χ1v) is 8.85. The van der Waals surface area contributed by atoms with Crippen LogP contribution in [0.1, 0.15) is 61.3 Å². The molecule has 1 aromatic carbocycles. The van der Waals surface area contributed by atoms with E-state index in [1.807, 2.05) is 20.8 Å². The van der Waals surface area contributed by atoms with E-state index in [4.69, 9.17) is 0 Å². The molecule has 1 aliphatic rings. The highest BCUT2D eigenvalue weighted by molar-refractivity contribution is 6.28. The van der Waals surface area contributed by atoms with Crippen LogP contribution in [0.3, 0.4) is 0 Å². The van der Waals surface area contributed by atoms with Crippen molar-refractivity contribution in [3.05, 3.63) is 58.2 Å². The summed E-state index contributed by atoms with van der Waals surface area (Å²) >= 11 is 0. The number of likely N-dealkylation sites (N-methyl/N-ethyl adjacent to an activating group) is 1. The topological polar surface area (TPSA) is 54.5 Å². The molecule has 132 valence electrons. The summed E-state index contributed by atoms with van der Waals surface area (Å²) in [5.41, 5.74) is 2.18. The molecule has 2 rings (SSSR count). The monoisotopic (exact) mass is 339 g/mol. The van der Waals surface area contributed by atoms with Crippen molar-refractivity contribution in [2.45, 2.75) is 40.5 Å². The minimum absolute atomic E-state index is 0.0637. The number of allylic oxidation sites excluding steroid dienone is 3. The Balaban J connectivity index is 2.52. The van der Waals surface area contributed by atoms with Crippen molar-refractivity contribution < 1.29 is 14.4 Å². The number of Topliss-reactive ketones (excluding diaryl/α,β-unsaturated/α-hetero) is 2. The molecule has 1 amide bonds. The van der Waals surface area contributed by atoms with E-state index >= 15 is 0 Å². The van der Waals surface area contributed by atoms with Gasteiger partial charge in [0.05, 0.1) is 0 Å². The predicted molar refractivity (Wildman–Crippen MR) is 98.7 cm³/mol. The third-order valence-electron chi connectivity index (χ3n) is 4.57. The van der Waals surface area contributed by atoms with E-state index in [0.29, 0.717) is 47.4 Å². The molecule has 1 aliphatic carbocycles. The SMILES string of the molecule is CCC/C(=C\C1=C(C)C(=O)c2ccccc2C1=O)C(=O)N(CC)CC. The molecule has 0 unspecified atom stereocenters. The van der Waals surface area contributed by atoms with Gasteiger partial charge in [-0.05, 0) is 33.3 Å². The minimum atomic E-state index is -0.186. The molecule has 0 atom stereocenters. The van der Waals surface area contributed by atoms with Crippen LogP contribution in [-0.4, -0.2) is 35.5 Å². The number of ketones is 2. The molecule has 0 aliphatic heterocycles. The zero-order valence-corrected chi connectivity index (χ0v) is 15.4. The Morgan fingerprint density at radius 2 is 1.56 bits per heavy atom. The van der Waals surface area contributed by atoms with Crippen molar-refractivity contribution in [3.63, 3.8) is 0 Å². The number of carbonyl (C=O) groups is 3. The molecule has 0 N–H and O–H groups in total. The Kier molecular flexibility index (Phi) is 6.07. The largest absolute Gasteiger partial charge is 0.339 e. The molecular weight excluding hydrogens is 314 g/mol. The highest BCUT2D eigenvalue weighted by Gasteiger charge is 2.29. The number of hydrogen-bond donors (Lipinski definition) is 0. The number of rotatable bonds is 6. The van der Waals surface area contributed by atoms with Gasteiger partial charge in [-0.3, -0.25) is 14.4 Å². The maximum Gasteiger partial charge on any atom is 0.249 e. The van der Waals surface area contributed by atoms with Gasteiger partial charge in [-0.1, -0.05) is 37.6 Å². The van der Waals surface area contributed by atoms with Crippen LogP contribution in [0.25, 0.3) is 0 Å². The van der Waals surface area contributed by atoms with E-state index in [0.717, 1.165) is 6.42 Å². The standard InChI is InChI=1S/C21H25NO3/c1-5-10-15(21(25)22(6-2)7-3)13-18-14(4)19(23)16-11-8-9-12-17(16)20(18)24/h8-9,11-13H,5-7,10H2,1-4H3/b15-13+. The van der Waals surface area contributed by atoms with Crippen LogP contribution in [0.4, 0.5) is 0 Å². The molecular formula is C21H25NO3. The number of carbonyl (C=O) groups excluding carboxylic acids is 3. The van der Waals surface area contributed by atoms with Gasteiger partial charge in [-0.25, -0.2) is 0 Å². The molecule has 0 spiro atoms. The highest BCUT2D eigenvalue weighted by Crippen LogP contribution is 2.28. The first kappa shape index (κ1) is 18.8. The fourth-order valence-corrected chi connectivity index (χ4v) is 3.09. The summed E-state index contributed by atoms with van der Waals surface area (Å²) in [6, 6.07) is 6.85. The lowest BCUT2D eigenvalue weighted by Gasteiger charge is -2.22. The van der Waals surface area contributed by atoms with Crippen molar-refractivity contribution >= 4 is 17.5 Å². The number of fused-ring (bicyclic) bond motifs is 1. The summed E-state index contributed by atoms with van der Waals surface area (Å²) in [5.74, 6) is -0.396. The Bertz CT molecular complexity index is 767. The second-order valence-electron chi connectivity index (χ2n) is 6.14. The van der Waals surface area contributed by atoms with Gasteiger partial charge in [0.15, 0.2) is 11.6 Å². The second-order valence-corrected chi connectivity index (χ2v) is 6.14. The molecule has 1 aromatic rings. The van der Waals surface area contributed by atoms with Gasteiger partial charge >= 0.3 is 0 Å². The quantitative estimate of drug-likeness (QED) is 0.737. The third kappa shape index (κ3) is 3.63. The first-order chi connectivity index (χ1) is 12.0. The van der Waals surface area contributed by atoms with Crippen molar-refractivity contribution in [2.24, 2.45) is 0 Å². The number of nitrogens with zero attached hydrogens (tertiary/aromatic N) is 1. The van der Waals surface area contributed by atoms with E-state index in [1.165, 1.54) is 0 Å². The fourth-order valence-electron chi connectivity index (χ4n) is 3.09. The van der Waals surface area contributed by atoms with E-state index < -0.39 is 0 Å². The molecule has 25 heavy (non-hydrogen) atoms. The van der Waals surface area contributed by atoms with Crippen LogP contribution >= 0.6 is 0 Å². The zero-order valence-electron chi connectivity index (χ0n) is 15.4. The van der Waals surface area contributed by atoms with Crippen LogP contribution in [0.2, 0.25) is 0 Å². The molecule has 0 heterocycles. The summed E-state index contributed by atoms with van der Waals surface area (Å²) in [5, 5.41) is 0. The molecule has 4 nitrogen and oxygen atoms in total. The fraction of sp³-hybridized carbons (Fsp3) is 0.381. The Morgan fingerprint density at radius 1 is 1.00 bits per heavy atom. The van der Waals surface area contributed by atoms with Gasteiger partial charge in [-0.2, -0.15) is 0 Å². The molecule has 0 fully saturated rings. The summed E-state index contributed by atoms with van der Waals surface area (Å²) in [6.45, 7) is 8.75. The van der Waals surface area contributed by atoms with Crippen molar-refractivity contribution in [1.29, 1.82) is 0 Å². The van der Waals surface area contributed by atoms with Gasteiger partial charge in [-0.15, -0.1) is 0 Å². The maximum absolute atomic E-state index is 12.9. The Morgan fingerprint density at radius 3 is 2.08 bits per heavy atom. The van der Waals surface area contributed by atoms with Gasteiger partial charge < -0.3 is 4.90 Å². The van der Waals surface area contributed by atoms with E-state index in [-0.39, 0.29) is 17.5 Å². The Hall–Kier alpha value is -2.49. The van der Waals surface area contributed by atoms with Crippen molar-refractivity contribution in [3.8, 4) is 0 Å². The molecule has 0 radical (unpaired) electrons. The average Bonchev–Trinajstić information content (AvgIpc) is 2.63. The summed E-state index contributed by atoms with van der Waals surface area (Å²) in [7, 11) is 0. The second kappa shape index (κ2) is 8.06. The summed E-state index contributed by atoms with van der Waals surface area (Å²) in [4.78, 5) is 39.9. The number of amides is 1. The Labute approximate surface area is 149 Å². The summed E-state index contributed by atoms with van der Waals surface area (Å²) < 4.78 is 0. The van der Waals surface area contributed by atoms with Gasteiger partial charge in [0.2, 0.25) is 5.91 Å². The summed E-state index contributed by atoms with van der Waals surface area (Å²) in [6.07, 6.45) is 3.01. The minimum Gasteiger partial charge on any atom is -0.339 e. The normalized spacial score (nSPS) is 14.6.